The summed E-state index contributed by atoms with van der Waals surface area (Å²) in [7, 11) is 0. The van der Waals surface area contributed by atoms with Crippen molar-refractivity contribution >= 4 is 0 Å². The van der Waals surface area contributed by atoms with E-state index in [1.165, 1.54) is 56.1 Å². The molecule has 2 nitrogen and oxygen atoms in total. The second-order valence-electron chi connectivity index (χ2n) is 9.95. The van der Waals surface area contributed by atoms with E-state index in [-0.39, 0.29) is 5.41 Å². The molecule has 1 unspecified atom stereocenters. The Balaban J connectivity index is 1.63. The molecule has 2 saturated carbocycles. The van der Waals surface area contributed by atoms with Gasteiger partial charge in [0.25, 0.3) is 0 Å². The van der Waals surface area contributed by atoms with Crippen molar-refractivity contribution in [1.29, 1.82) is 0 Å². The fraction of sp³-hybridized carbons (Fsp3) is 0.556. The Labute approximate surface area is 176 Å². The predicted octanol–water partition coefficient (Wildman–Crippen LogP) is 7.04. The normalized spacial score (nSPS) is 27.1. The zero-order valence-corrected chi connectivity index (χ0v) is 18.0. The highest BCUT2D eigenvalue weighted by Crippen LogP contribution is 2.51. The van der Waals surface area contributed by atoms with Gasteiger partial charge in [-0.1, -0.05) is 51.0 Å². The molecule has 2 fully saturated rings. The molecule has 29 heavy (non-hydrogen) atoms. The minimum atomic E-state index is -0.0147. The number of phenolic OH excluding ortho intramolecular Hbond substituents is 2. The summed E-state index contributed by atoms with van der Waals surface area (Å²) in [5.74, 6) is 3.99. The van der Waals surface area contributed by atoms with E-state index in [0.717, 1.165) is 30.1 Å². The molecule has 2 aromatic carbocycles. The third-order valence-electron chi connectivity index (χ3n) is 8.05. The van der Waals surface area contributed by atoms with E-state index in [9.17, 15) is 10.2 Å². The monoisotopic (exact) mass is 392 g/mol. The minimum Gasteiger partial charge on any atom is -0.508 e. The maximum absolute atomic E-state index is 9.84. The summed E-state index contributed by atoms with van der Waals surface area (Å²) < 4.78 is 0. The summed E-state index contributed by atoms with van der Waals surface area (Å²) in [6.45, 7) is 4.76. The van der Waals surface area contributed by atoms with Gasteiger partial charge in [0.2, 0.25) is 0 Å². The van der Waals surface area contributed by atoms with E-state index in [1.807, 2.05) is 24.3 Å². The Kier molecular flexibility index (Phi) is 5.90. The van der Waals surface area contributed by atoms with Gasteiger partial charge in [-0.25, -0.2) is 0 Å². The lowest BCUT2D eigenvalue weighted by atomic mass is 9.58. The first-order valence-electron chi connectivity index (χ1n) is 11.6. The van der Waals surface area contributed by atoms with Crippen molar-refractivity contribution < 1.29 is 10.2 Å². The Morgan fingerprint density at radius 2 is 1.24 bits per heavy atom. The van der Waals surface area contributed by atoms with E-state index >= 15 is 0 Å². The molecule has 2 aliphatic carbocycles. The van der Waals surface area contributed by atoms with Crippen LogP contribution in [0.5, 0.6) is 11.5 Å². The summed E-state index contributed by atoms with van der Waals surface area (Å²) in [4.78, 5) is 0. The van der Waals surface area contributed by atoms with Crippen molar-refractivity contribution in [2.75, 3.05) is 0 Å². The van der Waals surface area contributed by atoms with Crippen LogP contribution in [-0.2, 0) is 5.41 Å². The lowest BCUT2D eigenvalue weighted by molar-refractivity contribution is 0.123. The molecular formula is C27H36O2. The Hall–Kier alpha value is -1.96. The van der Waals surface area contributed by atoms with Gasteiger partial charge in [0.05, 0.1) is 0 Å². The lowest BCUT2D eigenvalue weighted by Gasteiger charge is -2.46. The second kappa shape index (κ2) is 8.42. The van der Waals surface area contributed by atoms with Crippen LogP contribution < -0.4 is 0 Å². The van der Waals surface area contributed by atoms with Crippen LogP contribution in [0.4, 0.5) is 0 Å². The summed E-state index contributed by atoms with van der Waals surface area (Å²) in [6.07, 6.45) is 10.5. The van der Waals surface area contributed by atoms with Gasteiger partial charge in [-0.2, -0.15) is 0 Å². The molecule has 2 aliphatic rings. The molecule has 0 aliphatic heterocycles. The maximum Gasteiger partial charge on any atom is 0.115 e. The molecule has 2 heteroatoms. The average molecular weight is 393 g/mol. The molecule has 0 amide bonds. The molecule has 0 spiro atoms. The van der Waals surface area contributed by atoms with E-state index in [4.69, 9.17) is 0 Å². The van der Waals surface area contributed by atoms with Crippen molar-refractivity contribution in [2.45, 2.75) is 70.6 Å². The smallest absolute Gasteiger partial charge is 0.115 e. The molecule has 156 valence electrons. The first-order chi connectivity index (χ1) is 14.0. The summed E-state index contributed by atoms with van der Waals surface area (Å²) >= 11 is 0. The predicted molar refractivity (Wildman–Crippen MR) is 119 cm³/mol. The number of aromatic hydroxyl groups is 2. The van der Waals surface area contributed by atoms with Crippen LogP contribution in [0, 0.1) is 23.7 Å². The van der Waals surface area contributed by atoms with E-state index < -0.39 is 0 Å². The molecule has 2 N–H and O–H groups in total. The minimum absolute atomic E-state index is 0.0147. The SMILES string of the molecule is CC(C)C1CCC(C2CCCC(c3ccc(O)cc3)(c3ccc(O)cc3)C2)CC1. The first-order valence-corrected chi connectivity index (χ1v) is 11.6. The highest BCUT2D eigenvalue weighted by atomic mass is 16.3. The zero-order valence-electron chi connectivity index (χ0n) is 18.0. The van der Waals surface area contributed by atoms with Gasteiger partial charge in [0.1, 0.15) is 11.5 Å². The first kappa shape index (κ1) is 20.3. The second-order valence-corrected chi connectivity index (χ2v) is 9.95. The van der Waals surface area contributed by atoms with Crippen molar-refractivity contribution in [3.63, 3.8) is 0 Å². The highest BCUT2D eigenvalue weighted by molar-refractivity contribution is 5.43. The molecule has 0 radical (unpaired) electrons. The average Bonchev–Trinajstić information content (AvgIpc) is 2.75. The van der Waals surface area contributed by atoms with Crippen LogP contribution >= 0.6 is 0 Å². The zero-order chi connectivity index (χ0) is 20.4. The number of hydrogen-bond acceptors (Lipinski definition) is 2. The number of rotatable bonds is 4. The van der Waals surface area contributed by atoms with Crippen molar-refractivity contribution in [2.24, 2.45) is 23.7 Å². The van der Waals surface area contributed by atoms with E-state index in [2.05, 4.69) is 38.1 Å². The largest absolute Gasteiger partial charge is 0.508 e. The van der Waals surface area contributed by atoms with Crippen LogP contribution in [0.15, 0.2) is 48.5 Å². The lowest BCUT2D eigenvalue weighted by Crippen LogP contribution is -2.37. The fourth-order valence-corrected chi connectivity index (χ4v) is 6.26. The highest BCUT2D eigenvalue weighted by Gasteiger charge is 2.42. The van der Waals surface area contributed by atoms with Gasteiger partial charge in [0, 0.05) is 5.41 Å². The van der Waals surface area contributed by atoms with Crippen LogP contribution in [-0.4, -0.2) is 10.2 Å². The standard InChI is InChI=1S/C27H36O2/c1-19(2)20-5-7-21(8-6-20)22-4-3-17-27(18-22,23-9-13-25(28)14-10-23)24-11-15-26(29)16-12-24/h9-16,19-22,28-29H,3-8,17-18H2,1-2H3. The Bertz CT molecular complexity index is 737. The summed E-state index contributed by atoms with van der Waals surface area (Å²) in [6, 6.07) is 15.8. The molecule has 1 atom stereocenters. The third-order valence-corrected chi connectivity index (χ3v) is 8.05. The van der Waals surface area contributed by atoms with Gasteiger partial charge < -0.3 is 10.2 Å². The quantitative estimate of drug-likeness (QED) is 0.586. The summed E-state index contributed by atoms with van der Waals surface area (Å²) in [5, 5.41) is 19.7. The van der Waals surface area contributed by atoms with Crippen molar-refractivity contribution in [3.05, 3.63) is 59.7 Å². The van der Waals surface area contributed by atoms with Gasteiger partial charge >= 0.3 is 0 Å². The molecule has 2 aromatic rings. The van der Waals surface area contributed by atoms with Crippen LogP contribution in [0.2, 0.25) is 0 Å². The maximum atomic E-state index is 9.84. The van der Waals surface area contributed by atoms with Gasteiger partial charge in [-0.15, -0.1) is 0 Å². The molecule has 0 saturated heterocycles. The number of hydrogen-bond donors (Lipinski definition) is 2. The number of benzene rings is 2. The Morgan fingerprint density at radius 1 is 0.724 bits per heavy atom. The molecule has 0 heterocycles. The van der Waals surface area contributed by atoms with Crippen molar-refractivity contribution in [3.8, 4) is 11.5 Å². The van der Waals surface area contributed by atoms with Gasteiger partial charge in [0.15, 0.2) is 0 Å². The Morgan fingerprint density at radius 3 is 1.72 bits per heavy atom. The van der Waals surface area contributed by atoms with E-state index in [1.54, 1.807) is 0 Å². The van der Waals surface area contributed by atoms with E-state index in [0.29, 0.717) is 11.5 Å². The number of phenols is 2. The molecule has 4 rings (SSSR count). The van der Waals surface area contributed by atoms with Crippen molar-refractivity contribution in [1.82, 2.24) is 0 Å². The van der Waals surface area contributed by atoms with Crippen LogP contribution in [0.3, 0.4) is 0 Å². The van der Waals surface area contributed by atoms with Crippen LogP contribution in [0.25, 0.3) is 0 Å². The fourth-order valence-electron chi connectivity index (χ4n) is 6.26. The summed E-state index contributed by atoms with van der Waals surface area (Å²) in [5.41, 5.74) is 2.60. The molecule has 0 bridgehead atoms. The molecular weight excluding hydrogens is 356 g/mol. The van der Waals surface area contributed by atoms with Crippen LogP contribution in [0.1, 0.15) is 76.3 Å². The van der Waals surface area contributed by atoms with Gasteiger partial charge in [-0.05, 0) is 97.6 Å². The third kappa shape index (κ3) is 4.17. The topological polar surface area (TPSA) is 40.5 Å². The molecule has 0 aromatic heterocycles. The van der Waals surface area contributed by atoms with Gasteiger partial charge in [-0.3, -0.25) is 0 Å².